The Morgan fingerprint density at radius 1 is 1.18 bits per heavy atom. The van der Waals surface area contributed by atoms with Crippen molar-refractivity contribution in [1.82, 2.24) is 10.2 Å². The summed E-state index contributed by atoms with van der Waals surface area (Å²) in [7, 11) is -2.38. The van der Waals surface area contributed by atoms with E-state index in [1.807, 2.05) is 31.2 Å². The van der Waals surface area contributed by atoms with Crippen LogP contribution >= 0.6 is 11.6 Å². The van der Waals surface area contributed by atoms with Gasteiger partial charge in [0.2, 0.25) is 21.8 Å². The number of amides is 2. The Balaban J connectivity index is 2.41. The highest BCUT2D eigenvalue weighted by Gasteiger charge is 2.30. The van der Waals surface area contributed by atoms with E-state index in [-0.39, 0.29) is 23.2 Å². The Bertz CT molecular complexity index is 1110. The van der Waals surface area contributed by atoms with Crippen LogP contribution in [0.1, 0.15) is 25.0 Å². The van der Waals surface area contributed by atoms with Gasteiger partial charge in [-0.1, -0.05) is 41.4 Å². The van der Waals surface area contributed by atoms with Crippen molar-refractivity contribution in [2.24, 2.45) is 0 Å². The van der Waals surface area contributed by atoms with Crippen LogP contribution in [-0.2, 0) is 26.2 Å². The van der Waals surface area contributed by atoms with Gasteiger partial charge in [0, 0.05) is 13.1 Å². The first-order valence-electron chi connectivity index (χ1n) is 10.4. The first-order chi connectivity index (χ1) is 15.5. The summed E-state index contributed by atoms with van der Waals surface area (Å²) < 4.78 is 31.2. The molecule has 0 aliphatic carbocycles. The van der Waals surface area contributed by atoms with E-state index in [9.17, 15) is 18.0 Å². The minimum Gasteiger partial charge on any atom is -0.495 e. The molecule has 0 aromatic heterocycles. The maximum Gasteiger partial charge on any atom is 0.244 e. The van der Waals surface area contributed by atoms with E-state index < -0.39 is 28.5 Å². The Labute approximate surface area is 200 Å². The molecule has 0 fully saturated rings. The van der Waals surface area contributed by atoms with E-state index >= 15 is 0 Å². The van der Waals surface area contributed by atoms with E-state index in [1.54, 1.807) is 13.8 Å². The van der Waals surface area contributed by atoms with Crippen molar-refractivity contribution < 1.29 is 22.7 Å². The fourth-order valence-electron chi connectivity index (χ4n) is 3.34. The number of ether oxygens (including phenoxy) is 1. The highest BCUT2D eigenvalue weighted by atomic mass is 35.5. The van der Waals surface area contributed by atoms with Crippen LogP contribution < -0.4 is 14.4 Å². The molecular formula is C23H30ClN3O5S. The second kappa shape index (κ2) is 11.4. The number of anilines is 1. The quantitative estimate of drug-likeness (QED) is 0.546. The molecule has 0 bridgehead atoms. The molecule has 0 spiro atoms. The fourth-order valence-corrected chi connectivity index (χ4v) is 4.43. The van der Waals surface area contributed by atoms with E-state index in [1.165, 1.54) is 30.2 Å². The van der Waals surface area contributed by atoms with Crippen LogP contribution in [0, 0.1) is 6.92 Å². The number of hydrogen-bond donors (Lipinski definition) is 1. The molecule has 2 aromatic rings. The summed E-state index contributed by atoms with van der Waals surface area (Å²) >= 11 is 6.18. The molecule has 0 unspecified atom stereocenters. The Kier molecular flexibility index (Phi) is 9.13. The number of likely N-dealkylation sites (N-methyl/N-ethyl adjacent to an activating group) is 1. The number of halogens is 1. The molecule has 0 radical (unpaired) electrons. The molecule has 2 aromatic carbocycles. The van der Waals surface area contributed by atoms with Crippen LogP contribution in [0.25, 0.3) is 0 Å². The van der Waals surface area contributed by atoms with E-state index in [4.69, 9.17) is 16.3 Å². The molecule has 10 heteroatoms. The lowest BCUT2D eigenvalue weighted by molar-refractivity contribution is -0.139. The van der Waals surface area contributed by atoms with Crippen molar-refractivity contribution in [1.29, 1.82) is 0 Å². The van der Waals surface area contributed by atoms with Crippen LogP contribution in [0.3, 0.4) is 0 Å². The summed E-state index contributed by atoms with van der Waals surface area (Å²) in [5.41, 5.74) is 2.06. The van der Waals surface area contributed by atoms with Gasteiger partial charge in [-0.25, -0.2) is 8.42 Å². The van der Waals surface area contributed by atoms with Gasteiger partial charge in [0.1, 0.15) is 18.3 Å². The molecule has 2 amide bonds. The van der Waals surface area contributed by atoms with Gasteiger partial charge in [-0.05, 0) is 44.5 Å². The van der Waals surface area contributed by atoms with Gasteiger partial charge in [0.25, 0.3) is 0 Å². The SMILES string of the molecule is CCNC(=O)[C@H](C)N(Cc1cccc(C)c1)C(=O)CN(c1ccc(OC)c(Cl)c1)S(C)(=O)=O. The monoisotopic (exact) mass is 495 g/mol. The smallest absolute Gasteiger partial charge is 0.244 e. The lowest BCUT2D eigenvalue weighted by Crippen LogP contribution is -2.51. The highest BCUT2D eigenvalue weighted by molar-refractivity contribution is 7.92. The summed E-state index contributed by atoms with van der Waals surface area (Å²) in [6, 6.07) is 11.2. The number of nitrogens with zero attached hydrogens (tertiary/aromatic N) is 2. The average molecular weight is 496 g/mol. The summed E-state index contributed by atoms with van der Waals surface area (Å²) in [6.45, 7) is 5.41. The maximum absolute atomic E-state index is 13.4. The molecule has 0 heterocycles. The topological polar surface area (TPSA) is 96.0 Å². The van der Waals surface area contributed by atoms with E-state index in [0.29, 0.717) is 12.3 Å². The summed E-state index contributed by atoms with van der Waals surface area (Å²) in [6.07, 6.45) is 1.01. The Morgan fingerprint density at radius 2 is 1.88 bits per heavy atom. The predicted octanol–water partition coefficient (Wildman–Crippen LogP) is 2.98. The summed E-state index contributed by atoms with van der Waals surface area (Å²) in [5.74, 6) is -0.462. The largest absolute Gasteiger partial charge is 0.495 e. The first kappa shape index (κ1) is 26.5. The summed E-state index contributed by atoms with van der Waals surface area (Å²) in [5, 5.41) is 2.93. The fraction of sp³-hybridized carbons (Fsp3) is 0.391. The average Bonchev–Trinajstić information content (AvgIpc) is 2.74. The van der Waals surface area contributed by atoms with Crippen molar-refractivity contribution in [2.45, 2.75) is 33.4 Å². The van der Waals surface area contributed by atoms with Gasteiger partial charge in [-0.2, -0.15) is 0 Å². The minimum atomic E-state index is -3.83. The van der Waals surface area contributed by atoms with E-state index in [2.05, 4.69) is 5.32 Å². The maximum atomic E-state index is 13.4. The number of nitrogens with one attached hydrogen (secondary N) is 1. The normalized spacial score (nSPS) is 12.1. The Morgan fingerprint density at radius 3 is 2.42 bits per heavy atom. The number of benzene rings is 2. The number of sulfonamides is 1. The molecule has 0 aliphatic rings. The number of carbonyl (C=O) groups excluding carboxylic acids is 2. The van der Waals surface area contributed by atoms with Crippen molar-refractivity contribution in [3.8, 4) is 5.75 Å². The van der Waals surface area contributed by atoms with Gasteiger partial charge in [0.05, 0.1) is 24.1 Å². The van der Waals surface area contributed by atoms with Crippen molar-refractivity contribution in [3.63, 3.8) is 0 Å². The number of aryl methyl sites for hydroxylation is 1. The molecule has 0 aliphatic heterocycles. The number of methoxy groups -OCH3 is 1. The molecule has 1 atom stereocenters. The molecule has 180 valence electrons. The molecule has 0 saturated carbocycles. The van der Waals surface area contributed by atoms with Crippen LogP contribution in [0.2, 0.25) is 5.02 Å². The number of rotatable bonds is 10. The summed E-state index contributed by atoms with van der Waals surface area (Å²) in [4.78, 5) is 27.3. The zero-order valence-corrected chi connectivity index (χ0v) is 21.0. The van der Waals surface area contributed by atoms with Crippen LogP contribution in [0.5, 0.6) is 5.75 Å². The number of carbonyl (C=O) groups is 2. The van der Waals surface area contributed by atoms with Gasteiger partial charge in [-0.15, -0.1) is 0 Å². The van der Waals surface area contributed by atoms with Gasteiger partial charge in [-0.3, -0.25) is 13.9 Å². The molecule has 8 nitrogen and oxygen atoms in total. The highest BCUT2D eigenvalue weighted by Crippen LogP contribution is 2.30. The molecular weight excluding hydrogens is 466 g/mol. The van der Waals surface area contributed by atoms with Crippen LogP contribution in [-0.4, -0.2) is 57.6 Å². The van der Waals surface area contributed by atoms with Gasteiger partial charge >= 0.3 is 0 Å². The zero-order chi connectivity index (χ0) is 24.8. The lowest BCUT2D eigenvalue weighted by Gasteiger charge is -2.31. The standard InChI is InChI=1S/C23H30ClN3O5S/c1-6-25-23(29)17(3)26(14-18-9-7-8-16(2)12-18)22(28)15-27(33(5,30)31)19-10-11-21(32-4)20(24)13-19/h7-13,17H,6,14-15H2,1-5H3,(H,25,29)/t17-/m0/s1. The second-order valence-electron chi connectivity index (χ2n) is 7.67. The number of hydrogen-bond acceptors (Lipinski definition) is 5. The van der Waals surface area contributed by atoms with Crippen molar-refractivity contribution in [2.75, 3.05) is 30.8 Å². The molecule has 2 rings (SSSR count). The molecule has 1 N–H and O–H groups in total. The Hall–Kier alpha value is -2.78. The predicted molar refractivity (Wildman–Crippen MR) is 130 cm³/mol. The molecule has 33 heavy (non-hydrogen) atoms. The third-order valence-corrected chi connectivity index (χ3v) is 6.49. The molecule has 0 saturated heterocycles. The minimum absolute atomic E-state index is 0.153. The van der Waals surface area contributed by atoms with Crippen LogP contribution in [0.15, 0.2) is 42.5 Å². The van der Waals surface area contributed by atoms with Crippen LogP contribution in [0.4, 0.5) is 5.69 Å². The van der Waals surface area contributed by atoms with Crippen molar-refractivity contribution >= 4 is 39.1 Å². The second-order valence-corrected chi connectivity index (χ2v) is 9.98. The third-order valence-electron chi connectivity index (χ3n) is 5.06. The van der Waals surface area contributed by atoms with Crippen molar-refractivity contribution in [3.05, 3.63) is 58.6 Å². The third kappa shape index (κ3) is 7.10. The lowest BCUT2D eigenvalue weighted by atomic mass is 10.1. The first-order valence-corrected chi connectivity index (χ1v) is 12.6. The van der Waals surface area contributed by atoms with Gasteiger partial charge in [0.15, 0.2) is 0 Å². The van der Waals surface area contributed by atoms with E-state index in [0.717, 1.165) is 21.7 Å². The zero-order valence-electron chi connectivity index (χ0n) is 19.5. The van der Waals surface area contributed by atoms with Gasteiger partial charge < -0.3 is 15.0 Å².